The summed E-state index contributed by atoms with van der Waals surface area (Å²) in [7, 11) is 1.99. The van der Waals surface area contributed by atoms with Gasteiger partial charge in [0, 0.05) is 32.2 Å². The fraction of sp³-hybridized carbons (Fsp3) is 0.941. The summed E-state index contributed by atoms with van der Waals surface area (Å²) in [4.78, 5) is 17.5. The highest BCUT2D eigenvalue weighted by molar-refractivity contribution is 5.85. The maximum atomic E-state index is 13.1. The van der Waals surface area contributed by atoms with Crippen molar-refractivity contribution in [3.63, 3.8) is 0 Å². The van der Waals surface area contributed by atoms with Crippen molar-refractivity contribution in [1.82, 2.24) is 15.1 Å². The molecule has 4 unspecified atom stereocenters. The van der Waals surface area contributed by atoms with Crippen LogP contribution in [0.15, 0.2) is 0 Å². The van der Waals surface area contributed by atoms with Crippen LogP contribution in [0.5, 0.6) is 0 Å². The highest BCUT2D eigenvalue weighted by Crippen LogP contribution is 2.22. The van der Waals surface area contributed by atoms with Crippen LogP contribution >= 0.6 is 24.8 Å². The van der Waals surface area contributed by atoms with Gasteiger partial charge in [0.1, 0.15) is 0 Å². The third kappa shape index (κ3) is 6.03. The molecule has 0 spiro atoms. The summed E-state index contributed by atoms with van der Waals surface area (Å²) in [6, 6.07) is 0.414. The Balaban J connectivity index is 0.00000264. The molecule has 0 aromatic rings. The Kier molecular flexibility index (Phi) is 10.8. The first-order valence-corrected chi connectivity index (χ1v) is 8.78. The quantitative estimate of drug-likeness (QED) is 0.807. The summed E-state index contributed by atoms with van der Waals surface area (Å²) in [5.74, 6) is 0.621. The molecule has 0 aromatic heterocycles. The van der Waals surface area contributed by atoms with Gasteiger partial charge in [0.15, 0.2) is 0 Å². The largest absolute Gasteiger partial charge is 0.373 e. The van der Waals surface area contributed by atoms with Gasteiger partial charge in [0.2, 0.25) is 5.91 Å². The molecule has 7 heteroatoms. The van der Waals surface area contributed by atoms with Gasteiger partial charge in [0.25, 0.3) is 0 Å². The topological polar surface area (TPSA) is 44.8 Å². The van der Waals surface area contributed by atoms with Gasteiger partial charge in [-0.25, -0.2) is 0 Å². The van der Waals surface area contributed by atoms with Crippen LogP contribution in [-0.2, 0) is 9.53 Å². The van der Waals surface area contributed by atoms with E-state index in [4.69, 9.17) is 4.74 Å². The zero-order valence-electron chi connectivity index (χ0n) is 15.7. The van der Waals surface area contributed by atoms with Gasteiger partial charge in [0.05, 0.1) is 18.2 Å². The van der Waals surface area contributed by atoms with Crippen LogP contribution in [0.1, 0.15) is 40.5 Å². The third-order valence-corrected chi connectivity index (χ3v) is 4.87. The number of ether oxygens (including phenoxy) is 1. The van der Waals surface area contributed by atoms with Crippen LogP contribution < -0.4 is 5.32 Å². The molecular formula is C17H35Cl2N3O2. The standard InChI is InChI=1S/C17H33N3O2.2ClH/c1-12(2)16(20-9-13(3)22-14(4)10-20)17(21)19-8-6-7-15(11-19)18-5;;/h12-16,18H,6-11H2,1-5H3;2*1H. The van der Waals surface area contributed by atoms with E-state index in [0.717, 1.165) is 39.0 Å². The second kappa shape index (κ2) is 10.8. The summed E-state index contributed by atoms with van der Waals surface area (Å²) >= 11 is 0. The van der Waals surface area contributed by atoms with Gasteiger partial charge in [-0.2, -0.15) is 0 Å². The minimum atomic E-state index is -0.0237. The second-order valence-corrected chi connectivity index (χ2v) is 7.31. The number of nitrogens with zero attached hydrogens (tertiary/aromatic N) is 2. The minimum Gasteiger partial charge on any atom is -0.373 e. The van der Waals surface area contributed by atoms with Crippen LogP contribution in [0.2, 0.25) is 0 Å². The van der Waals surface area contributed by atoms with Gasteiger partial charge >= 0.3 is 0 Å². The lowest BCUT2D eigenvalue weighted by Crippen LogP contribution is -2.59. The SMILES string of the molecule is CNC1CCCN(C(=O)C(C(C)C)N2CC(C)OC(C)C2)C1.Cl.Cl. The Morgan fingerprint density at radius 2 is 1.71 bits per heavy atom. The second-order valence-electron chi connectivity index (χ2n) is 7.31. The first kappa shape index (κ1) is 23.9. The Labute approximate surface area is 159 Å². The summed E-state index contributed by atoms with van der Waals surface area (Å²) in [6.07, 6.45) is 2.66. The van der Waals surface area contributed by atoms with E-state index in [9.17, 15) is 4.79 Å². The highest BCUT2D eigenvalue weighted by Gasteiger charge is 2.37. The number of hydrogen-bond acceptors (Lipinski definition) is 4. The van der Waals surface area contributed by atoms with Crippen LogP contribution in [0, 0.1) is 5.92 Å². The van der Waals surface area contributed by atoms with Gasteiger partial charge in [-0.05, 0) is 39.7 Å². The Hall–Kier alpha value is -0.0700. The predicted octanol–water partition coefficient (Wildman–Crippen LogP) is 2.17. The predicted molar refractivity (Wildman–Crippen MR) is 103 cm³/mol. The molecule has 24 heavy (non-hydrogen) atoms. The maximum Gasteiger partial charge on any atom is 0.240 e. The molecule has 2 aliphatic rings. The van der Waals surface area contributed by atoms with E-state index in [1.54, 1.807) is 0 Å². The Bertz CT molecular complexity index is 375. The molecule has 2 heterocycles. The summed E-state index contributed by atoms with van der Waals surface area (Å²) < 4.78 is 5.83. The zero-order valence-corrected chi connectivity index (χ0v) is 17.3. The van der Waals surface area contributed by atoms with Crippen molar-refractivity contribution in [2.45, 2.75) is 64.8 Å². The van der Waals surface area contributed by atoms with Crippen LogP contribution in [0.3, 0.4) is 0 Å². The van der Waals surface area contributed by atoms with Crippen molar-refractivity contribution < 1.29 is 9.53 Å². The summed E-state index contributed by atoms with van der Waals surface area (Å²) in [6.45, 7) is 12.0. The fourth-order valence-electron chi connectivity index (χ4n) is 3.91. The van der Waals surface area contributed by atoms with Gasteiger partial charge in [-0.15, -0.1) is 24.8 Å². The molecule has 0 aromatic carbocycles. The molecule has 1 N–H and O–H groups in total. The molecule has 2 fully saturated rings. The average molecular weight is 384 g/mol. The van der Waals surface area contributed by atoms with Crippen molar-refractivity contribution in [3.05, 3.63) is 0 Å². The van der Waals surface area contributed by atoms with E-state index in [0.29, 0.717) is 17.9 Å². The van der Waals surface area contributed by atoms with Gasteiger partial charge in [-0.1, -0.05) is 13.8 Å². The fourth-order valence-corrected chi connectivity index (χ4v) is 3.91. The maximum absolute atomic E-state index is 13.1. The first-order valence-electron chi connectivity index (χ1n) is 8.78. The molecule has 2 rings (SSSR count). The molecule has 5 nitrogen and oxygen atoms in total. The van der Waals surface area contributed by atoms with E-state index in [2.05, 4.69) is 42.8 Å². The Morgan fingerprint density at radius 1 is 1.12 bits per heavy atom. The molecular weight excluding hydrogens is 349 g/mol. The van der Waals surface area contributed by atoms with Crippen molar-refractivity contribution in [2.24, 2.45) is 5.92 Å². The number of likely N-dealkylation sites (tertiary alicyclic amines) is 1. The Morgan fingerprint density at radius 3 is 2.21 bits per heavy atom. The molecule has 144 valence electrons. The molecule has 2 saturated heterocycles. The number of morpholine rings is 1. The normalized spacial score (nSPS) is 29.6. The number of carbonyl (C=O) groups is 1. The highest BCUT2D eigenvalue weighted by atomic mass is 35.5. The summed E-state index contributed by atoms with van der Waals surface area (Å²) in [5.41, 5.74) is 0. The monoisotopic (exact) mass is 383 g/mol. The molecule has 4 atom stereocenters. The van der Waals surface area contributed by atoms with Crippen LogP contribution in [0.4, 0.5) is 0 Å². The minimum absolute atomic E-state index is 0. The summed E-state index contributed by atoms with van der Waals surface area (Å²) in [5, 5.41) is 3.32. The van der Waals surface area contributed by atoms with Gasteiger partial charge < -0.3 is 15.0 Å². The lowest BCUT2D eigenvalue weighted by atomic mass is 9.97. The van der Waals surface area contributed by atoms with Gasteiger partial charge in [-0.3, -0.25) is 9.69 Å². The molecule has 0 radical (unpaired) electrons. The van der Waals surface area contributed by atoms with E-state index < -0.39 is 0 Å². The van der Waals surface area contributed by atoms with E-state index >= 15 is 0 Å². The number of halogens is 2. The molecule has 0 saturated carbocycles. The number of nitrogens with one attached hydrogen (secondary N) is 1. The molecule has 2 aliphatic heterocycles. The first-order chi connectivity index (χ1) is 10.4. The smallest absolute Gasteiger partial charge is 0.240 e. The number of likely N-dealkylation sites (N-methyl/N-ethyl adjacent to an activating group) is 1. The van der Waals surface area contributed by atoms with E-state index in [1.807, 2.05) is 7.05 Å². The van der Waals surface area contributed by atoms with Crippen molar-refractivity contribution in [1.29, 1.82) is 0 Å². The van der Waals surface area contributed by atoms with Crippen molar-refractivity contribution in [3.8, 4) is 0 Å². The average Bonchev–Trinajstić information content (AvgIpc) is 2.46. The number of rotatable bonds is 4. The number of carbonyl (C=O) groups excluding carboxylic acids is 1. The van der Waals surface area contributed by atoms with E-state index in [1.165, 1.54) is 0 Å². The van der Waals surface area contributed by atoms with Crippen molar-refractivity contribution >= 4 is 30.7 Å². The lowest BCUT2D eigenvalue weighted by molar-refractivity contribution is -0.146. The lowest BCUT2D eigenvalue weighted by Gasteiger charge is -2.43. The molecule has 0 bridgehead atoms. The van der Waals surface area contributed by atoms with Crippen LogP contribution in [0.25, 0.3) is 0 Å². The van der Waals surface area contributed by atoms with Crippen molar-refractivity contribution in [2.75, 3.05) is 33.2 Å². The number of piperidine rings is 1. The van der Waals surface area contributed by atoms with E-state index in [-0.39, 0.29) is 43.1 Å². The number of hydrogen-bond donors (Lipinski definition) is 1. The third-order valence-electron chi connectivity index (χ3n) is 4.87. The molecule has 1 amide bonds. The molecule has 0 aliphatic carbocycles. The zero-order chi connectivity index (χ0) is 16.3. The van der Waals surface area contributed by atoms with Crippen LogP contribution in [-0.4, -0.2) is 73.2 Å². The number of amides is 1.